The van der Waals surface area contributed by atoms with Gasteiger partial charge in [0, 0.05) is 18.5 Å². The molecule has 3 rings (SSSR count). The molecule has 1 aliphatic rings. The summed E-state index contributed by atoms with van der Waals surface area (Å²) in [5, 5.41) is 12.0. The highest BCUT2D eigenvalue weighted by Gasteiger charge is 2.20. The standard InChI is InChI=1S/C18H21N3O4/c1-2-13(18(24)25)20-16(22)11-7-8-12-14(10-11)19-15-6-4-3-5-9-21(15)17(12)23/h7-8,10,13H,2-6,9H2,1H3,(H,20,22)(H,24,25). The van der Waals surface area contributed by atoms with E-state index >= 15 is 0 Å². The third-order valence-electron chi connectivity index (χ3n) is 4.59. The Kier molecular flexibility index (Phi) is 4.83. The van der Waals surface area contributed by atoms with Gasteiger partial charge in [0.25, 0.3) is 11.5 Å². The number of fused-ring (bicyclic) bond motifs is 2. The molecule has 1 atom stereocenters. The molecule has 1 unspecified atom stereocenters. The predicted molar refractivity (Wildman–Crippen MR) is 92.7 cm³/mol. The van der Waals surface area contributed by atoms with Gasteiger partial charge in [0.05, 0.1) is 10.9 Å². The highest BCUT2D eigenvalue weighted by atomic mass is 16.4. The van der Waals surface area contributed by atoms with Crippen molar-refractivity contribution in [3.05, 3.63) is 39.9 Å². The SMILES string of the molecule is CCC(NC(=O)c1ccc2c(=O)n3c(nc2c1)CCCCC3)C(=O)O. The Morgan fingerprint density at radius 1 is 1.32 bits per heavy atom. The first kappa shape index (κ1) is 17.1. The van der Waals surface area contributed by atoms with Crippen molar-refractivity contribution in [2.75, 3.05) is 0 Å². The summed E-state index contributed by atoms with van der Waals surface area (Å²) in [5.41, 5.74) is 0.706. The van der Waals surface area contributed by atoms with E-state index in [1.54, 1.807) is 29.7 Å². The number of carbonyl (C=O) groups is 2. The zero-order valence-corrected chi connectivity index (χ0v) is 14.1. The zero-order chi connectivity index (χ0) is 18.0. The lowest BCUT2D eigenvalue weighted by molar-refractivity contribution is -0.139. The van der Waals surface area contributed by atoms with Crippen molar-refractivity contribution in [2.24, 2.45) is 0 Å². The quantitative estimate of drug-likeness (QED) is 0.880. The Morgan fingerprint density at radius 2 is 2.12 bits per heavy atom. The minimum atomic E-state index is -1.07. The van der Waals surface area contributed by atoms with Crippen LogP contribution in [0.25, 0.3) is 10.9 Å². The molecule has 2 N–H and O–H groups in total. The summed E-state index contributed by atoms with van der Waals surface area (Å²) in [6, 6.07) is 3.76. The lowest BCUT2D eigenvalue weighted by Gasteiger charge is -2.13. The number of nitrogens with zero attached hydrogens (tertiary/aromatic N) is 2. The van der Waals surface area contributed by atoms with Gasteiger partial charge in [0.15, 0.2) is 0 Å². The Labute approximate surface area is 144 Å². The minimum Gasteiger partial charge on any atom is -0.480 e. The monoisotopic (exact) mass is 343 g/mol. The van der Waals surface area contributed by atoms with Crippen LogP contribution in [0.2, 0.25) is 0 Å². The van der Waals surface area contributed by atoms with E-state index < -0.39 is 17.9 Å². The molecule has 1 aromatic carbocycles. The number of carbonyl (C=O) groups excluding carboxylic acids is 1. The highest BCUT2D eigenvalue weighted by Crippen LogP contribution is 2.16. The van der Waals surface area contributed by atoms with E-state index in [-0.39, 0.29) is 5.56 Å². The van der Waals surface area contributed by atoms with Gasteiger partial charge in [-0.05, 0) is 37.5 Å². The summed E-state index contributed by atoms with van der Waals surface area (Å²) in [5.74, 6) is -0.796. The van der Waals surface area contributed by atoms with E-state index in [1.165, 1.54) is 0 Å². The number of amides is 1. The van der Waals surface area contributed by atoms with Crippen LogP contribution >= 0.6 is 0 Å². The van der Waals surface area contributed by atoms with E-state index in [2.05, 4.69) is 10.3 Å². The molecule has 2 heterocycles. The van der Waals surface area contributed by atoms with E-state index in [0.29, 0.717) is 29.4 Å². The number of aryl methyl sites for hydroxylation is 1. The Morgan fingerprint density at radius 3 is 2.84 bits per heavy atom. The second kappa shape index (κ2) is 7.04. The van der Waals surface area contributed by atoms with Gasteiger partial charge in [0.1, 0.15) is 11.9 Å². The lowest BCUT2D eigenvalue weighted by atomic mass is 10.1. The van der Waals surface area contributed by atoms with Gasteiger partial charge in [-0.15, -0.1) is 0 Å². The number of aromatic nitrogens is 2. The molecular formula is C18H21N3O4. The van der Waals surface area contributed by atoms with Gasteiger partial charge in [-0.25, -0.2) is 9.78 Å². The number of benzene rings is 1. The van der Waals surface area contributed by atoms with Crippen molar-refractivity contribution in [2.45, 2.75) is 51.6 Å². The maximum absolute atomic E-state index is 12.7. The van der Waals surface area contributed by atoms with Crippen LogP contribution in [0.15, 0.2) is 23.0 Å². The van der Waals surface area contributed by atoms with E-state index in [1.807, 2.05) is 0 Å². The van der Waals surface area contributed by atoms with Gasteiger partial charge in [-0.2, -0.15) is 0 Å². The van der Waals surface area contributed by atoms with Crippen LogP contribution in [0.1, 0.15) is 48.8 Å². The lowest BCUT2D eigenvalue weighted by Crippen LogP contribution is -2.40. The molecule has 0 radical (unpaired) electrons. The number of rotatable bonds is 4. The van der Waals surface area contributed by atoms with E-state index in [0.717, 1.165) is 31.5 Å². The van der Waals surface area contributed by atoms with Crippen molar-refractivity contribution in [3.63, 3.8) is 0 Å². The second-order valence-electron chi connectivity index (χ2n) is 6.30. The van der Waals surface area contributed by atoms with Crippen LogP contribution in [0.5, 0.6) is 0 Å². The normalized spacial score (nSPS) is 15.2. The Hall–Kier alpha value is -2.70. The number of aliphatic carboxylic acids is 1. The largest absolute Gasteiger partial charge is 0.480 e. The fourth-order valence-corrected chi connectivity index (χ4v) is 3.14. The zero-order valence-electron chi connectivity index (χ0n) is 14.1. The molecule has 2 aromatic rings. The van der Waals surface area contributed by atoms with Crippen LogP contribution in [-0.2, 0) is 17.8 Å². The number of hydrogen-bond donors (Lipinski definition) is 2. The van der Waals surface area contributed by atoms with Crippen molar-refractivity contribution in [3.8, 4) is 0 Å². The molecule has 7 heteroatoms. The van der Waals surface area contributed by atoms with Gasteiger partial charge >= 0.3 is 5.97 Å². The number of nitrogens with one attached hydrogen (secondary N) is 1. The number of carboxylic acids is 1. The maximum Gasteiger partial charge on any atom is 0.326 e. The molecular weight excluding hydrogens is 322 g/mol. The van der Waals surface area contributed by atoms with Crippen LogP contribution in [0, 0.1) is 0 Å². The topological polar surface area (TPSA) is 101 Å². The summed E-state index contributed by atoms with van der Waals surface area (Å²) < 4.78 is 1.73. The average molecular weight is 343 g/mol. The van der Waals surface area contributed by atoms with Crippen molar-refractivity contribution in [1.29, 1.82) is 0 Å². The van der Waals surface area contributed by atoms with Crippen molar-refractivity contribution in [1.82, 2.24) is 14.9 Å². The Balaban J connectivity index is 1.98. The first-order valence-corrected chi connectivity index (χ1v) is 8.58. The number of carboxylic acid groups (broad SMARTS) is 1. The summed E-state index contributed by atoms with van der Waals surface area (Å²) in [7, 11) is 0. The second-order valence-corrected chi connectivity index (χ2v) is 6.30. The molecule has 0 saturated carbocycles. The van der Waals surface area contributed by atoms with Crippen molar-refractivity contribution < 1.29 is 14.7 Å². The first-order chi connectivity index (χ1) is 12.0. The fourth-order valence-electron chi connectivity index (χ4n) is 3.14. The summed E-state index contributed by atoms with van der Waals surface area (Å²) in [6.45, 7) is 2.37. The van der Waals surface area contributed by atoms with E-state index in [4.69, 9.17) is 5.11 Å². The molecule has 0 aliphatic carbocycles. The van der Waals surface area contributed by atoms with Crippen molar-refractivity contribution >= 4 is 22.8 Å². The van der Waals surface area contributed by atoms with Crippen LogP contribution < -0.4 is 10.9 Å². The maximum atomic E-state index is 12.7. The highest BCUT2D eigenvalue weighted by molar-refractivity contribution is 5.99. The third kappa shape index (κ3) is 3.40. The summed E-state index contributed by atoms with van der Waals surface area (Å²) >= 11 is 0. The van der Waals surface area contributed by atoms with Gasteiger partial charge in [0.2, 0.25) is 0 Å². The molecule has 132 valence electrons. The molecule has 1 aromatic heterocycles. The molecule has 1 amide bonds. The molecule has 7 nitrogen and oxygen atoms in total. The van der Waals surface area contributed by atoms with Crippen LogP contribution in [0.3, 0.4) is 0 Å². The predicted octanol–water partition coefficient (Wildman–Crippen LogP) is 1.72. The average Bonchev–Trinajstić information content (AvgIpc) is 2.84. The molecule has 0 spiro atoms. The molecule has 25 heavy (non-hydrogen) atoms. The van der Waals surface area contributed by atoms with E-state index in [9.17, 15) is 14.4 Å². The smallest absolute Gasteiger partial charge is 0.326 e. The minimum absolute atomic E-state index is 0.0779. The first-order valence-electron chi connectivity index (χ1n) is 8.58. The third-order valence-corrected chi connectivity index (χ3v) is 4.59. The Bertz CT molecular complexity index is 888. The summed E-state index contributed by atoms with van der Waals surface area (Å²) in [4.78, 5) is 40.6. The molecule has 0 saturated heterocycles. The molecule has 0 fully saturated rings. The van der Waals surface area contributed by atoms with Crippen LogP contribution in [0.4, 0.5) is 0 Å². The van der Waals surface area contributed by atoms with Gasteiger partial charge < -0.3 is 10.4 Å². The molecule has 0 bridgehead atoms. The molecule has 1 aliphatic heterocycles. The fraction of sp³-hybridized carbons (Fsp3) is 0.444. The number of hydrogen-bond acceptors (Lipinski definition) is 4. The van der Waals surface area contributed by atoms with Gasteiger partial charge in [-0.3, -0.25) is 14.2 Å². The summed E-state index contributed by atoms with van der Waals surface area (Å²) in [6.07, 6.45) is 4.07. The van der Waals surface area contributed by atoms with Gasteiger partial charge in [-0.1, -0.05) is 13.3 Å². The van der Waals surface area contributed by atoms with Crippen LogP contribution in [-0.4, -0.2) is 32.6 Å².